The summed E-state index contributed by atoms with van der Waals surface area (Å²) in [6.45, 7) is 7.80. The molecule has 8 heteroatoms. The van der Waals surface area contributed by atoms with Crippen LogP contribution in [0.2, 0.25) is 0 Å². The van der Waals surface area contributed by atoms with E-state index in [4.69, 9.17) is 0 Å². The number of carbonyl (C=O) groups is 4. The molecule has 0 saturated heterocycles. The fourth-order valence-corrected chi connectivity index (χ4v) is 0.935. The van der Waals surface area contributed by atoms with Crippen LogP contribution in [0.25, 0.3) is 0 Å². The summed E-state index contributed by atoms with van der Waals surface area (Å²) in [5.74, 6) is -4.71. The van der Waals surface area contributed by atoms with Gasteiger partial charge in [-0.05, 0) is 6.42 Å². The van der Waals surface area contributed by atoms with E-state index in [1.165, 1.54) is 0 Å². The molecule has 20 heavy (non-hydrogen) atoms. The molecule has 0 N–H and O–H groups in total. The van der Waals surface area contributed by atoms with Gasteiger partial charge in [-0.15, -0.1) is 0 Å². The van der Waals surface area contributed by atoms with Crippen LogP contribution in [0.5, 0.6) is 0 Å². The molecule has 8 nitrogen and oxygen atoms in total. The van der Waals surface area contributed by atoms with Crippen molar-refractivity contribution in [2.75, 3.05) is 0 Å². The van der Waals surface area contributed by atoms with E-state index in [0.29, 0.717) is 0 Å². The van der Waals surface area contributed by atoms with Gasteiger partial charge in [0.25, 0.3) is 0 Å². The number of carbonyl (C=O) groups excluding carboxylic acids is 4. The van der Waals surface area contributed by atoms with Crippen molar-refractivity contribution in [3.05, 3.63) is 25.3 Å². The predicted octanol–water partition coefficient (Wildman–Crippen LogP) is 0.777. The first-order chi connectivity index (χ1) is 9.44. The second-order valence-electron chi connectivity index (χ2n) is 3.38. The lowest BCUT2D eigenvalue weighted by Crippen LogP contribution is -2.23. The highest BCUT2D eigenvalue weighted by Gasteiger charge is 2.25. The van der Waals surface area contributed by atoms with Crippen LogP contribution >= 0.6 is 0 Å². The molecule has 0 radical (unpaired) electrons. The second kappa shape index (κ2) is 9.31. The third-order valence-corrected chi connectivity index (χ3v) is 2.00. The van der Waals surface area contributed by atoms with Crippen LogP contribution in [0.1, 0.15) is 19.8 Å². The van der Waals surface area contributed by atoms with Crippen molar-refractivity contribution in [2.45, 2.75) is 19.8 Å². The summed E-state index contributed by atoms with van der Waals surface area (Å²) in [6, 6.07) is 0. The monoisotopic (exact) mass is 286 g/mol. The van der Waals surface area contributed by atoms with Gasteiger partial charge in [0.15, 0.2) is 0 Å². The molecule has 0 rings (SSSR count). The molecule has 0 bridgehead atoms. The van der Waals surface area contributed by atoms with Crippen molar-refractivity contribution in [3.63, 3.8) is 0 Å². The number of hydrogen-bond donors (Lipinski definition) is 0. The van der Waals surface area contributed by atoms with Crippen molar-refractivity contribution in [2.24, 2.45) is 5.92 Å². The molecule has 0 aliphatic rings. The van der Waals surface area contributed by atoms with Gasteiger partial charge in [-0.25, -0.2) is 38.7 Å². The Labute approximate surface area is 114 Å². The van der Waals surface area contributed by atoms with E-state index in [0.717, 1.165) is 12.2 Å². The van der Waals surface area contributed by atoms with Gasteiger partial charge in [0.05, 0.1) is 12.3 Å². The van der Waals surface area contributed by atoms with Gasteiger partial charge in [0.1, 0.15) is 0 Å². The van der Waals surface area contributed by atoms with Crippen molar-refractivity contribution in [1.29, 1.82) is 0 Å². The highest BCUT2D eigenvalue weighted by atomic mass is 17.2. The topological polar surface area (TPSA) is 105 Å². The van der Waals surface area contributed by atoms with Crippen molar-refractivity contribution < 1.29 is 38.7 Å². The first-order valence-corrected chi connectivity index (χ1v) is 5.53. The molecule has 0 fully saturated rings. The molecule has 0 heterocycles. The minimum atomic E-state index is -0.959. The van der Waals surface area contributed by atoms with Crippen molar-refractivity contribution >= 4 is 23.9 Å². The van der Waals surface area contributed by atoms with Gasteiger partial charge < -0.3 is 0 Å². The molecule has 0 amide bonds. The molecule has 1 atom stereocenters. The average molecular weight is 286 g/mol. The van der Waals surface area contributed by atoms with Crippen molar-refractivity contribution in [3.8, 4) is 0 Å². The summed E-state index contributed by atoms with van der Waals surface area (Å²) >= 11 is 0. The van der Waals surface area contributed by atoms with Crippen LogP contribution in [0.3, 0.4) is 0 Å². The predicted molar refractivity (Wildman–Crippen MR) is 63.2 cm³/mol. The van der Waals surface area contributed by atoms with E-state index >= 15 is 0 Å². The Kier molecular flexibility index (Phi) is 8.08. The first kappa shape index (κ1) is 17.4. The van der Waals surface area contributed by atoms with Crippen LogP contribution in [0.15, 0.2) is 25.3 Å². The maximum absolute atomic E-state index is 11.5. The lowest BCUT2D eigenvalue weighted by Gasteiger charge is -2.10. The SMILES string of the molecule is C=CC(=O)OOC(=O)CC(CC)C(=O)OOC(=O)C=C. The molecular weight excluding hydrogens is 272 g/mol. The lowest BCUT2D eigenvalue weighted by molar-refractivity contribution is -0.262. The molecule has 0 aromatic heterocycles. The van der Waals surface area contributed by atoms with Crippen molar-refractivity contribution in [1.82, 2.24) is 0 Å². The quantitative estimate of drug-likeness (QED) is 0.400. The van der Waals surface area contributed by atoms with E-state index < -0.39 is 36.2 Å². The summed E-state index contributed by atoms with van der Waals surface area (Å²) in [6.07, 6.45) is 1.41. The van der Waals surface area contributed by atoms with E-state index in [1.54, 1.807) is 6.92 Å². The standard InChI is InChI=1S/C12H14O8/c1-4-8(12(16)20-18-10(14)6-3)7-11(15)19-17-9(13)5-2/h5-6,8H,2-4,7H2,1H3. The summed E-state index contributed by atoms with van der Waals surface area (Å²) in [4.78, 5) is 60.5. The highest BCUT2D eigenvalue weighted by molar-refractivity contribution is 5.84. The first-order valence-electron chi connectivity index (χ1n) is 5.53. The van der Waals surface area contributed by atoms with Crippen LogP contribution in [0, 0.1) is 5.92 Å². The zero-order valence-corrected chi connectivity index (χ0v) is 10.8. The molecule has 1 unspecified atom stereocenters. The lowest BCUT2D eigenvalue weighted by atomic mass is 10.0. The van der Waals surface area contributed by atoms with Gasteiger partial charge in [0.2, 0.25) is 0 Å². The Morgan fingerprint density at radius 1 is 0.950 bits per heavy atom. The Morgan fingerprint density at radius 2 is 1.45 bits per heavy atom. The zero-order chi connectivity index (χ0) is 15.5. The molecule has 0 aromatic carbocycles. The van der Waals surface area contributed by atoms with E-state index in [2.05, 4.69) is 32.7 Å². The Morgan fingerprint density at radius 3 is 1.90 bits per heavy atom. The van der Waals surface area contributed by atoms with Gasteiger partial charge in [-0.3, -0.25) is 0 Å². The van der Waals surface area contributed by atoms with E-state index in [9.17, 15) is 19.2 Å². The van der Waals surface area contributed by atoms with Gasteiger partial charge in [-0.2, -0.15) is 0 Å². The maximum atomic E-state index is 11.5. The Hall–Kier alpha value is -2.64. The summed E-state index contributed by atoms with van der Waals surface area (Å²) < 4.78 is 0. The fourth-order valence-electron chi connectivity index (χ4n) is 0.935. The smallest absolute Gasteiger partial charge is 0.247 e. The third-order valence-electron chi connectivity index (χ3n) is 2.00. The zero-order valence-electron chi connectivity index (χ0n) is 10.8. The summed E-state index contributed by atoms with van der Waals surface area (Å²) in [5.41, 5.74) is 0. The Bertz CT molecular complexity index is 412. The second-order valence-corrected chi connectivity index (χ2v) is 3.38. The molecule has 0 saturated carbocycles. The minimum Gasteiger partial charge on any atom is -0.247 e. The highest BCUT2D eigenvalue weighted by Crippen LogP contribution is 2.12. The molecule has 0 spiro atoms. The molecule has 0 aliphatic heterocycles. The summed E-state index contributed by atoms with van der Waals surface area (Å²) in [5, 5.41) is 0. The van der Waals surface area contributed by atoms with Crippen LogP contribution in [-0.2, 0) is 38.7 Å². The maximum Gasteiger partial charge on any atom is 0.378 e. The molecular formula is C12H14O8. The van der Waals surface area contributed by atoms with Crippen LogP contribution in [0.4, 0.5) is 0 Å². The summed E-state index contributed by atoms with van der Waals surface area (Å²) in [7, 11) is 0. The van der Waals surface area contributed by atoms with Crippen LogP contribution < -0.4 is 0 Å². The minimum absolute atomic E-state index is 0.217. The van der Waals surface area contributed by atoms with E-state index in [1.807, 2.05) is 0 Å². The fraction of sp³-hybridized carbons (Fsp3) is 0.333. The normalized spacial score (nSPS) is 10.7. The van der Waals surface area contributed by atoms with Crippen LogP contribution in [-0.4, -0.2) is 23.9 Å². The third kappa shape index (κ3) is 6.94. The average Bonchev–Trinajstić information content (AvgIpc) is 2.46. The molecule has 0 aromatic rings. The number of rotatable bonds is 6. The van der Waals surface area contributed by atoms with E-state index in [-0.39, 0.29) is 6.42 Å². The Balaban J connectivity index is 4.24. The van der Waals surface area contributed by atoms with Gasteiger partial charge in [0, 0.05) is 12.2 Å². The molecule has 0 aliphatic carbocycles. The largest absolute Gasteiger partial charge is 0.378 e. The van der Waals surface area contributed by atoms with Gasteiger partial charge >= 0.3 is 23.9 Å². The number of hydrogen-bond acceptors (Lipinski definition) is 8. The van der Waals surface area contributed by atoms with Gasteiger partial charge in [-0.1, -0.05) is 20.1 Å². The molecule has 110 valence electrons.